The van der Waals surface area contributed by atoms with Crippen LogP contribution in [0.1, 0.15) is 32.6 Å². The van der Waals surface area contributed by atoms with E-state index < -0.39 is 0 Å². The largest absolute Gasteiger partial charge is 0.338 e. The highest BCUT2D eigenvalue weighted by Gasteiger charge is 2.27. The van der Waals surface area contributed by atoms with Crippen molar-refractivity contribution >= 4 is 29.3 Å². The first-order chi connectivity index (χ1) is 11.7. The van der Waals surface area contributed by atoms with Gasteiger partial charge in [-0.15, -0.1) is 12.4 Å². The summed E-state index contributed by atoms with van der Waals surface area (Å²) >= 11 is 0. The van der Waals surface area contributed by atoms with Crippen molar-refractivity contribution in [2.75, 3.05) is 13.1 Å². The van der Waals surface area contributed by atoms with Gasteiger partial charge in [0.25, 0.3) is 0 Å². The van der Waals surface area contributed by atoms with E-state index in [-0.39, 0.29) is 30.0 Å². The summed E-state index contributed by atoms with van der Waals surface area (Å²) in [7, 11) is 0. The van der Waals surface area contributed by atoms with Gasteiger partial charge in [-0.1, -0.05) is 19.1 Å². The van der Waals surface area contributed by atoms with Crippen molar-refractivity contribution in [3.63, 3.8) is 0 Å². The van der Waals surface area contributed by atoms with E-state index in [4.69, 9.17) is 5.73 Å². The van der Waals surface area contributed by atoms with Gasteiger partial charge in [0.2, 0.25) is 5.91 Å². The molecular weight excluding hydrogens is 340 g/mol. The summed E-state index contributed by atoms with van der Waals surface area (Å²) < 4.78 is 3.54. The number of carbonyl (C=O) groups is 1. The Morgan fingerprint density at radius 1 is 1.20 bits per heavy atom. The maximum atomic E-state index is 12.7. The number of hydrogen-bond donors (Lipinski definition) is 1. The number of aryl methyl sites for hydroxylation is 2. The summed E-state index contributed by atoms with van der Waals surface area (Å²) in [4.78, 5) is 27.1. The molecule has 0 aliphatic carbocycles. The van der Waals surface area contributed by atoms with Gasteiger partial charge in [0.15, 0.2) is 0 Å². The Labute approximate surface area is 154 Å². The SMILES string of the molecule is CCCn1c(=O)n(CCC(=O)N2CCCC2CN)c2ccccc21.Cl. The molecule has 1 fully saturated rings. The smallest absolute Gasteiger partial charge is 0.329 e. The molecule has 1 aliphatic rings. The molecule has 2 N–H and O–H groups in total. The average molecular weight is 367 g/mol. The summed E-state index contributed by atoms with van der Waals surface area (Å²) in [5.74, 6) is 0.0992. The fourth-order valence-electron chi connectivity index (χ4n) is 3.69. The maximum Gasteiger partial charge on any atom is 0.329 e. The predicted octanol–water partition coefficient (Wildman–Crippen LogP) is 1.97. The number of nitrogens with two attached hydrogens (primary N) is 1. The van der Waals surface area contributed by atoms with Crippen LogP contribution in [0.2, 0.25) is 0 Å². The lowest BCUT2D eigenvalue weighted by atomic mass is 10.2. The Balaban J connectivity index is 0.00000225. The van der Waals surface area contributed by atoms with Crippen molar-refractivity contribution in [3.05, 3.63) is 34.7 Å². The number of imidazole rings is 1. The van der Waals surface area contributed by atoms with E-state index in [1.54, 1.807) is 9.13 Å². The molecule has 6 nitrogen and oxygen atoms in total. The second-order valence-corrected chi connectivity index (χ2v) is 6.44. The summed E-state index contributed by atoms with van der Waals surface area (Å²) in [6, 6.07) is 7.96. The zero-order chi connectivity index (χ0) is 17.1. The number of halogens is 1. The molecule has 7 heteroatoms. The van der Waals surface area contributed by atoms with Crippen molar-refractivity contribution in [2.45, 2.75) is 51.7 Å². The molecule has 3 rings (SSSR count). The van der Waals surface area contributed by atoms with E-state index in [1.807, 2.05) is 29.2 Å². The fourth-order valence-corrected chi connectivity index (χ4v) is 3.69. The number of likely N-dealkylation sites (tertiary alicyclic amines) is 1. The molecule has 1 saturated heterocycles. The van der Waals surface area contributed by atoms with Crippen LogP contribution >= 0.6 is 12.4 Å². The van der Waals surface area contributed by atoms with Crippen molar-refractivity contribution in [3.8, 4) is 0 Å². The van der Waals surface area contributed by atoms with E-state index in [9.17, 15) is 9.59 Å². The molecule has 2 heterocycles. The Morgan fingerprint density at radius 3 is 2.44 bits per heavy atom. The van der Waals surface area contributed by atoms with Gasteiger partial charge in [-0.3, -0.25) is 13.9 Å². The minimum Gasteiger partial charge on any atom is -0.338 e. The third-order valence-corrected chi connectivity index (χ3v) is 4.89. The standard InChI is InChI=1S/C18H26N4O2.ClH/c1-2-10-21-15-7-3-4-8-16(15)22(18(21)24)12-9-17(23)20-11-5-6-14(20)13-19;/h3-4,7-8,14H,2,5-6,9-13,19H2,1H3;1H. The molecule has 138 valence electrons. The van der Waals surface area contributed by atoms with E-state index >= 15 is 0 Å². The molecule has 1 amide bonds. The van der Waals surface area contributed by atoms with Crippen LogP contribution in [0.25, 0.3) is 11.0 Å². The van der Waals surface area contributed by atoms with Gasteiger partial charge in [-0.2, -0.15) is 0 Å². The van der Waals surface area contributed by atoms with Crippen LogP contribution in [-0.2, 0) is 17.9 Å². The fraction of sp³-hybridized carbons (Fsp3) is 0.556. The predicted molar refractivity (Wildman–Crippen MR) is 102 cm³/mol. The molecule has 0 spiro atoms. The van der Waals surface area contributed by atoms with Crippen LogP contribution in [-0.4, -0.2) is 39.1 Å². The number of amides is 1. The van der Waals surface area contributed by atoms with Gasteiger partial charge in [-0.05, 0) is 31.4 Å². The molecule has 1 unspecified atom stereocenters. The zero-order valence-electron chi connectivity index (χ0n) is 14.7. The van der Waals surface area contributed by atoms with Crippen molar-refractivity contribution in [2.24, 2.45) is 5.73 Å². The normalized spacial score (nSPS) is 17.0. The Kier molecular flexibility index (Phi) is 6.67. The molecule has 1 aromatic heterocycles. The number of hydrogen-bond acceptors (Lipinski definition) is 3. The first-order valence-corrected chi connectivity index (χ1v) is 8.85. The summed E-state index contributed by atoms with van der Waals surface area (Å²) in [6.45, 7) is 4.47. The molecule has 25 heavy (non-hydrogen) atoms. The third-order valence-electron chi connectivity index (χ3n) is 4.89. The van der Waals surface area contributed by atoms with Crippen molar-refractivity contribution in [1.29, 1.82) is 0 Å². The number of para-hydroxylation sites is 2. The number of benzene rings is 1. The third kappa shape index (κ3) is 3.75. The van der Waals surface area contributed by atoms with E-state index in [2.05, 4.69) is 6.92 Å². The van der Waals surface area contributed by atoms with Crippen LogP contribution < -0.4 is 11.4 Å². The van der Waals surface area contributed by atoms with E-state index in [0.717, 1.165) is 36.8 Å². The number of fused-ring (bicyclic) bond motifs is 1. The van der Waals surface area contributed by atoms with Crippen LogP contribution in [0, 0.1) is 0 Å². The van der Waals surface area contributed by atoms with Crippen molar-refractivity contribution in [1.82, 2.24) is 14.0 Å². The Bertz CT molecular complexity index is 783. The maximum absolute atomic E-state index is 12.7. The Morgan fingerprint density at radius 2 is 1.84 bits per heavy atom. The quantitative estimate of drug-likeness (QED) is 0.849. The van der Waals surface area contributed by atoms with Gasteiger partial charge < -0.3 is 10.6 Å². The van der Waals surface area contributed by atoms with Gasteiger partial charge in [0.05, 0.1) is 11.0 Å². The molecule has 1 aliphatic heterocycles. The highest BCUT2D eigenvalue weighted by atomic mass is 35.5. The number of rotatable bonds is 6. The highest BCUT2D eigenvalue weighted by Crippen LogP contribution is 2.18. The molecule has 2 aromatic rings. The van der Waals surface area contributed by atoms with Gasteiger partial charge in [0, 0.05) is 38.6 Å². The molecule has 1 aromatic carbocycles. The number of nitrogens with zero attached hydrogens (tertiary/aromatic N) is 3. The van der Waals surface area contributed by atoms with Gasteiger partial charge >= 0.3 is 5.69 Å². The molecule has 0 saturated carbocycles. The molecule has 0 bridgehead atoms. The minimum absolute atomic E-state index is 0. The molecular formula is C18H27ClN4O2. The van der Waals surface area contributed by atoms with Crippen LogP contribution in [0.3, 0.4) is 0 Å². The second kappa shape index (κ2) is 8.54. The summed E-state index contributed by atoms with van der Waals surface area (Å²) in [6.07, 6.45) is 3.25. The summed E-state index contributed by atoms with van der Waals surface area (Å²) in [5, 5.41) is 0. The van der Waals surface area contributed by atoms with Gasteiger partial charge in [0.1, 0.15) is 0 Å². The first-order valence-electron chi connectivity index (χ1n) is 8.85. The topological polar surface area (TPSA) is 73.3 Å². The monoisotopic (exact) mass is 366 g/mol. The lowest BCUT2D eigenvalue weighted by Gasteiger charge is -2.23. The lowest BCUT2D eigenvalue weighted by Crippen LogP contribution is -2.40. The highest BCUT2D eigenvalue weighted by molar-refractivity contribution is 5.85. The number of aromatic nitrogens is 2. The second-order valence-electron chi connectivity index (χ2n) is 6.44. The summed E-state index contributed by atoms with van der Waals surface area (Å²) in [5.41, 5.74) is 7.57. The van der Waals surface area contributed by atoms with E-state index in [0.29, 0.717) is 26.1 Å². The van der Waals surface area contributed by atoms with Gasteiger partial charge in [-0.25, -0.2) is 4.79 Å². The Hall–Kier alpha value is -1.79. The van der Waals surface area contributed by atoms with Crippen LogP contribution in [0.15, 0.2) is 29.1 Å². The minimum atomic E-state index is -0.0253. The first kappa shape index (κ1) is 19.5. The lowest BCUT2D eigenvalue weighted by molar-refractivity contribution is -0.132. The zero-order valence-corrected chi connectivity index (χ0v) is 15.5. The number of carbonyl (C=O) groups excluding carboxylic acids is 1. The van der Waals surface area contributed by atoms with Crippen LogP contribution in [0.5, 0.6) is 0 Å². The van der Waals surface area contributed by atoms with Crippen LogP contribution in [0.4, 0.5) is 0 Å². The van der Waals surface area contributed by atoms with E-state index in [1.165, 1.54) is 0 Å². The molecule has 0 radical (unpaired) electrons. The average Bonchev–Trinajstić information content (AvgIpc) is 3.17. The molecule has 1 atom stereocenters. The van der Waals surface area contributed by atoms with Crippen molar-refractivity contribution < 1.29 is 4.79 Å².